The van der Waals surface area contributed by atoms with Gasteiger partial charge in [0.15, 0.2) is 22.5 Å². The predicted molar refractivity (Wildman–Crippen MR) is 121 cm³/mol. The predicted octanol–water partition coefficient (Wildman–Crippen LogP) is 3.98. The van der Waals surface area contributed by atoms with Crippen LogP contribution in [0, 0.1) is 5.82 Å². The summed E-state index contributed by atoms with van der Waals surface area (Å²) in [6, 6.07) is 13.8. The van der Waals surface area contributed by atoms with Crippen molar-refractivity contribution in [3.05, 3.63) is 72.8 Å². The zero-order valence-corrected chi connectivity index (χ0v) is 18.2. The molecule has 0 unspecified atom stereocenters. The van der Waals surface area contributed by atoms with Gasteiger partial charge in [0.25, 0.3) is 0 Å². The summed E-state index contributed by atoms with van der Waals surface area (Å²) >= 11 is 1.26. The van der Waals surface area contributed by atoms with Crippen molar-refractivity contribution in [2.45, 2.75) is 18.3 Å². The van der Waals surface area contributed by atoms with E-state index in [1.807, 2.05) is 43.3 Å². The molecule has 0 radical (unpaired) electrons. The molecule has 2 aromatic carbocycles. The number of allylic oxidation sites excluding steroid dienone is 1. The highest BCUT2D eigenvalue weighted by Crippen LogP contribution is 2.21. The summed E-state index contributed by atoms with van der Waals surface area (Å²) in [5, 5.41) is 11.7. The van der Waals surface area contributed by atoms with Crippen LogP contribution in [0.3, 0.4) is 0 Å². The maximum atomic E-state index is 13.8. The van der Waals surface area contributed by atoms with Gasteiger partial charge in [0.1, 0.15) is 6.61 Å². The van der Waals surface area contributed by atoms with Gasteiger partial charge in [-0.25, -0.2) is 4.39 Å². The summed E-state index contributed by atoms with van der Waals surface area (Å²) in [6.45, 7) is 4.24. The maximum Gasteiger partial charge on any atom is 0.234 e. The number of ether oxygens (including phenoxy) is 1. The molecule has 0 atom stereocenters. The van der Waals surface area contributed by atoms with Crippen LogP contribution >= 0.6 is 11.8 Å². The Balaban J connectivity index is 1.59. The first-order valence-electron chi connectivity index (χ1n) is 9.58. The molecule has 0 fully saturated rings. The second-order valence-electron chi connectivity index (χ2n) is 6.80. The summed E-state index contributed by atoms with van der Waals surface area (Å²) in [5.41, 5.74) is 1.78. The quantitative estimate of drug-likeness (QED) is 0.379. The fourth-order valence-corrected chi connectivity index (χ4v) is 3.49. The number of aromatic nitrogens is 3. The molecule has 1 N–H and O–H groups in total. The fraction of sp³-hybridized carbons (Fsp3) is 0.227. The van der Waals surface area contributed by atoms with Crippen molar-refractivity contribution in [1.29, 1.82) is 0 Å². The number of hydrogen-bond acceptors (Lipinski definition) is 6. The van der Waals surface area contributed by atoms with Crippen molar-refractivity contribution >= 4 is 29.0 Å². The fourth-order valence-electron chi connectivity index (χ4n) is 2.72. The number of carbonyl (C=O) groups excluding carboxylic acids is 1. The zero-order valence-electron chi connectivity index (χ0n) is 17.4. The Hall–Kier alpha value is -3.33. The van der Waals surface area contributed by atoms with E-state index in [1.54, 1.807) is 28.8 Å². The molecule has 0 bridgehead atoms. The largest absolute Gasteiger partial charge is 0.483 e. The summed E-state index contributed by atoms with van der Waals surface area (Å²) in [6.07, 6.45) is 1.70. The number of nitrogens with zero attached hydrogens (tertiary/aromatic N) is 4. The number of carbonyl (C=O) groups is 1. The molecular formula is C22H24FN5O2S. The van der Waals surface area contributed by atoms with Crippen molar-refractivity contribution in [2.75, 3.05) is 30.1 Å². The van der Waals surface area contributed by atoms with Gasteiger partial charge in [0.2, 0.25) is 5.91 Å². The molecule has 0 spiro atoms. The number of nitrogens with one attached hydrogen (secondary N) is 1. The molecule has 7 nitrogen and oxygen atoms in total. The van der Waals surface area contributed by atoms with Gasteiger partial charge >= 0.3 is 0 Å². The highest BCUT2D eigenvalue weighted by molar-refractivity contribution is 7.99. The Morgan fingerprint density at radius 3 is 2.65 bits per heavy atom. The minimum absolute atomic E-state index is 0.0484. The van der Waals surface area contributed by atoms with Crippen LogP contribution < -0.4 is 15.0 Å². The SMILES string of the molecule is C=CCn1c(COc2ccccc2F)nnc1SCC(=O)Nc1ccc(N(C)C)cc1. The van der Waals surface area contributed by atoms with Gasteiger partial charge in [-0.3, -0.25) is 9.36 Å². The molecule has 162 valence electrons. The molecule has 31 heavy (non-hydrogen) atoms. The van der Waals surface area contributed by atoms with Crippen LogP contribution in [0.25, 0.3) is 0 Å². The lowest BCUT2D eigenvalue weighted by Gasteiger charge is -2.13. The molecular weight excluding hydrogens is 417 g/mol. The molecule has 3 rings (SSSR count). The average Bonchev–Trinajstić information content (AvgIpc) is 3.14. The average molecular weight is 442 g/mol. The number of halogens is 1. The zero-order chi connectivity index (χ0) is 22.2. The molecule has 0 saturated carbocycles. The first kappa shape index (κ1) is 22.4. The van der Waals surface area contributed by atoms with E-state index in [2.05, 4.69) is 22.1 Å². The van der Waals surface area contributed by atoms with Gasteiger partial charge in [-0.1, -0.05) is 30.0 Å². The minimum Gasteiger partial charge on any atom is -0.483 e. The van der Waals surface area contributed by atoms with Crippen molar-refractivity contribution in [2.24, 2.45) is 0 Å². The monoisotopic (exact) mass is 441 g/mol. The van der Waals surface area contributed by atoms with E-state index in [-0.39, 0.29) is 24.0 Å². The topological polar surface area (TPSA) is 72.3 Å². The van der Waals surface area contributed by atoms with E-state index in [4.69, 9.17) is 4.74 Å². The third kappa shape index (κ3) is 6.08. The number of amides is 1. The molecule has 1 aromatic heterocycles. The summed E-state index contributed by atoms with van der Waals surface area (Å²) < 4.78 is 21.1. The lowest BCUT2D eigenvalue weighted by Crippen LogP contribution is -2.15. The Kier molecular flexibility index (Phi) is 7.66. The molecule has 3 aromatic rings. The molecule has 0 aliphatic rings. The molecule has 1 amide bonds. The van der Waals surface area contributed by atoms with Crippen LogP contribution in [0.5, 0.6) is 5.75 Å². The van der Waals surface area contributed by atoms with Crippen LogP contribution in [-0.2, 0) is 17.9 Å². The standard InChI is InChI=1S/C22H24FN5O2S/c1-4-13-28-20(14-30-19-8-6-5-7-18(19)23)25-26-22(28)31-15-21(29)24-16-9-11-17(12-10-16)27(2)3/h4-12H,1,13-15H2,2-3H3,(H,24,29). The summed E-state index contributed by atoms with van der Waals surface area (Å²) in [4.78, 5) is 14.3. The van der Waals surface area contributed by atoms with Gasteiger partial charge in [0.05, 0.1) is 5.75 Å². The molecule has 1 heterocycles. The van der Waals surface area contributed by atoms with Crippen molar-refractivity contribution in [3.8, 4) is 5.75 Å². The number of para-hydroxylation sites is 1. The minimum atomic E-state index is -0.442. The van der Waals surface area contributed by atoms with Crippen LogP contribution in [0.15, 0.2) is 66.3 Å². The third-order valence-corrected chi connectivity index (χ3v) is 5.27. The van der Waals surface area contributed by atoms with E-state index in [0.29, 0.717) is 17.5 Å². The van der Waals surface area contributed by atoms with Gasteiger partial charge in [-0.15, -0.1) is 16.8 Å². The van der Waals surface area contributed by atoms with Crippen LogP contribution in [0.4, 0.5) is 15.8 Å². The van der Waals surface area contributed by atoms with Gasteiger partial charge in [0, 0.05) is 32.0 Å². The summed E-state index contributed by atoms with van der Waals surface area (Å²) in [7, 11) is 3.92. The molecule has 0 aliphatic carbocycles. The number of anilines is 2. The first-order valence-corrected chi connectivity index (χ1v) is 10.6. The number of rotatable bonds is 10. The van der Waals surface area contributed by atoms with Crippen molar-refractivity contribution < 1.29 is 13.9 Å². The molecule has 0 saturated heterocycles. The van der Waals surface area contributed by atoms with E-state index in [1.165, 1.54) is 17.8 Å². The lowest BCUT2D eigenvalue weighted by atomic mass is 10.2. The lowest BCUT2D eigenvalue weighted by molar-refractivity contribution is -0.113. The Labute approximate surface area is 184 Å². The highest BCUT2D eigenvalue weighted by atomic mass is 32.2. The third-order valence-electron chi connectivity index (χ3n) is 4.30. The number of thioether (sulfide) groups is 1. The van der Waals surface area contributed by atoms with Crippen LogP contribution in [0.1, 0.15) is 5.82 Å². The van der Waals surface area contributed by atoms with E-state index in [0.717, 1.165) is 11.4 Å². The van der Waals surface area contributed by atoms with E-state index >= 15 is 0 Å². The highest BCUT2D eigenvalue weighted by Gasteiger charge is 2.15. The van der Waals surface area contributed by atoms with Gasteiger partial charge in [-0.05, 0) is 36.4 Å². The smallest absolute Gasteiger partial charge is 0.234 e. The molecule has 9 heteroatoms. The Morgan fingerprint density at radius 2 is 1.97 bits per heavy atom. The first-order chi connectivity index (χ1) is 15.0. The Bertz CT molecular complexity index is 1040. The van der Waals surface area contributed by atoms with Crippen LogP contribution in [0.2, 0.25) is 0 Å². The van der Waals surface area contributed by atoms with Gasteiger partial charge < -0.3 is 15.0 Å². The number of benzene rings is 2. The van der Waals surface area contributed by atoms with Crippen LogP contribution in [-0.4, -0.2) is 40.5 Å². The normalized spacial score (nSPS) is 10.5. The van der Waals surface area contributed by atoms with Crippen molar-refractivity contribution in [1.82, 2.24) is 14.8 Å². The van der Waals surface area contributed by atoms with Gasteiger partial charge in [-0.2, -0.15) is 0 Å². The van der Waals surface area contributed by atoms with Crippen molar-refractivity contribution in [3.63, 3.8) is 0 Å². The molecule has 0 aliphatic heterocycles. The van der Waals surface area contributed by atoms with E-state index in [9.17, 15) is 9.18 Å². The Morgan fingerprint density at radius 1 is 1.23 bits per heavy atom. The second-order valence-corrected chi connectivity index (χ2v) is 7.74. The summed E-state index contributed by atoms with van der Waals surface area (Å²) in [5.74, 6) is 0.232. The second kappa shape index (κ2) is 10.6. The maximum absolute atomic E-state index is 13.8. The number of hydrogen-bond donors (Lipinski definition) is 1. The van der Waals surface area contributed by atoms with E-state index < -0.39 is 5.82 Å².